The Morgan fingerprint density at radius 3 is 2.96 bits per heavy atom. The fraction of sp³-hybridized carbons (Fsp3) is 0.333. The van der Waals surface area contributed by atoms with Crippen molar-refractivity contribution in [3.8, 4) is 5.75 Å². The number of aromatic hydroxyl groups is 1. The van der Waals surface area contributed by atoms with Crippen LogP contribution in [0.2, 0.25) is 0 Å². The molecule has 2 N–H and O–H groups in total. The second-order valence-electron chi connectivity index (χ2n) is 5.87. The minimum absolute atomic E-state index is 0.00349. The predicted octanol–water partition coefficient (Wildman–Crippen LogP) is 2.46. The maximum absolute atomic E-state index is 11.5. The van der Waals surface area contributed by atoms with Gasteiger partial charge in [0.25, 0.3) is 0 Å². The van der Waals surface area contributed by atoms with Gasteiger partial charge in [-0.1, -0.05) is 19.1 Å². The summed E-state index contributed by atoms with van der Waals surface area (Å²) in [6, 6.07) is 9.39. The number of nitrogens with one attached hydrogen (secondary N) is 1. The first kappa shape index (κ1) is 15.3. The van der Waals surface area contributed by atoms with Crippen LogP contribution in [0.3, 0.4) is 0 Å². The molecule has 1 amide bonds. The molecule has 1 aliphatic rings. The van der Waals surface area contributed by atoms with Crippen LogP contribution in [0.4, 0.5) is 5.69 Å². The molecule has 0 aromatic heterocycles. The van der Waals surface area contributed by atoms with Gasteiger partial charge in [0.15, 0.2) is 6.29 Å². The number of aldehydes is 1. The normalized spacial score (nSPS) is 17.4. The molecule has 23 heavy (non-hydrogen) atoms. The van der Waals surface area contributed by atoms with Crippen molar-refractivity contribution in [1.82, 2.24) is 5.32 Å². The number of amides is 1. The van der Waals surface area contributed by atoms with E-state index in [1.54, 1.807) is 6.07 Å². The lowest BCUT2D eigenvalue weighted by molar-refractivity contribution is -0.121. The van der Waals surface area contributed by atoms with E-state index in [0.717, 1.165) is 36.0 Å². The zero-order chi connectivity index (χ0) is 16.4. The first-order valence-corrected chi connectivity index (χ1v) is 7.87. The Morgan fingerprint density at radius 1 is 1.39 bits per heavy atom. The minimum Gasteiger partial charge on any atom is -0.507 e. The summed E-state index contributed by atoms with van der Waals surface area (Å²) in [7, 11) is 0. The molecular weight excluding hydrogens is 292 g/mol. The van der Waals surface area contributed by atoms with Gasteiger partial charge in [-0.15, -0.1) is 0 Å². The molecule has 2 aromatic carbocycles. The summed E-state index contributed by atoms with van der Waals surface area (Å²) in [6.07, 6.45) is 2.12. The molecule has 2 aromatic rings. The number of nitrogens with zero attached hydrogens (tertiary/aromatic N) is 1. The Bertz CT molecular complexity index is 757. The summed E-state index contributed by atoms with van der Waals surface area (Å²) >= 11 is 0. The monoisotopic (exact) mass is 312 g/mol. The number of carbonyl (C=O) groups excluding carboxylic acids is 2. The Kier molecular flexibility index (Phi) is 4.19. The molecule has 5 nitrogen and oxygen atoms in total. The third-order valence-corrected chi connectivity index (χ3v) is 4.38. The number of phenolic OH excluding ortho intramolecular Hbond substituents is 1. The van der Waals surface area contributed by atoms with E-state index in [9.17, 15) is 14.7 Å². The van der Waals surface area contributed by atoms with Crippen LogP contribution in [0.1, 0.15) is 30.1 Å². The number of benzene rings is 2. The van der Waals surface area contributed by atoms with Gasteiger partial charge in [-0.25, -0.2) is 0 Å². The van der Waals surface area contributed by atoms with Gasteiger partial charge in [-0.3, -0.25) is 9.59 Å². The second-order valence-corrected chi connectivity index (χ2v) is 5.87. The Morgan fingerprint density at radius 2 is 2.22 bits per heavy atom. The van der Waals surface area contributed by atoms with E-state index in [1.165, 1.54) is 0 Å². The van der Waals surface area contributed by atoms with Crippen LogP contribution in [-0.2, 0) is 4.79 Å². The van der Waals surface area contributed by atoms with Crippen molar-refractivity contribution in [1.29, 1.82) is 0 Å². The van der Waals surface area contributed by atoms with Gasteiger partial charge in [0.05, 0.1) is 5.56 Å². The van der Waals surface area contributed by atoms with Gasteiger partial charge in [0, 0.05) is 31.2 Å². The number of carbonyl (C=O) groups is 2. The van der Waals surface area contributed by atoms with Crippen LogP contribution in [-0.4, -0.2) is 36.4 Å². The highest BCUT2D eigenvalue weighted by Gasteiger charge is 2.23. The second kappa shape index (κ2) is 6.28. The van der Waals surface area contributed by atoms with Crippen LogP contribution in [0.5, 0.6) is 5.75 Å². The minimum atomic E-state index is 0.00349. The molecule has 0 saturated carbocycles. The van der Waals surface area contributed by atoms with E-state index in [1.807, 2.05) is 31.2 Å². The van der Waals surface area contributed by atoms with E-state index >= 15 is 0 Å². The average Bonchev–Trinajstić information content (AvgIpc) is 3.02. The molecule has 3 rings (SSSR count). The molecule has 1 aliphatic heterocycles. The van der Waals surface area contributed by atoms with E-state index in [0.29, 0.717) is 18.3 Å². The highest BCUT2D eigenvalue weighted by molar-refractivity contribution is 6.01. The van der Waals surface area contributed by atoms with Crippen molar-refractivity contribution in [2.75, 3.05) is 18.0 Å². The van der Waals surface area contributed by atoms with Crippen LogP contribution in [0.25, 0.3) is 10.8 Å². The number of anilines is 1. The van der Waals surface area contributed by atoms with Gasteiger partial charge >= 0.3 is 0 Å². The number of rotatable bonds is 4. The summed E-state index contributed by atoms with van der Waals surface area (Å²) < 4.78 is 0. The molecule has 120 valence electrons. The quantitative estimate of drug-likeness (QED) is 0.851. The van der Waals surface area contributed by atoms with Gasteiger partial charge in [0.1, 0.15) is 5.75 Å². The number of hydrogen-bond donors (Lipinski definition) is 2. The van der Waals surface area contributed by atoms with Crippen LogP contribution in [0.15, 0.2) is 30.3 Å². The van der Waals surface area contributed by atoms with Crippen molar-refractivity contribution in [3.05, 3.63) is 35.9 Å². The smallest absolute Gasteiger partial charge is 0.219 e. The molecule has 1 saturated heterocycles. The summed E-state index contributed by atoms with van der Waals surface area (Å²) in [6.45, 7) is 3.53. The van der Waals surface area contributed by atoms with Crippen molar-refractivity contribution in [2.45, 2.75) is 25.8 Å². The largest absolute Gasteiger partial charge is 0.507 e. The van der Waals surface area contributed by atoms with Crippen molar-refractivity contribution in [3.63, 3.8) is 0 Å². The number of fused-ring (bicyclic) bond motifs is 1. The highest BCUT2D eigenvalue weighted by Crippen LogP contribution is 2.30. The Balaban J connectivity index is 1.83. The van der Waals surface area contributed by atoms with Crippen molar-refractivity contribution >= 4 is 28.7 Å². The summed E-state index contributed by atoms with van der Waals surface area (Å²) in [5.74, 6) is 0.0882. The summed E-state index contributed by atoms with van der Waals surface area (Å²) in [5.41, 5.74) is 1.39. The third-order valence-electron chi connectivity index (χ3n) is 4.38. The van der Waals surface area contributed by atoms with Crippen molar-refractivity contribution < 1.29 is 14.7 Å². The summed E-state index contributed by atoms with van der Waals surface area (Å²) in [5, 5.41) is 14.4. The van der Waals surface area contributed by atoms with E-state index in [-0.39, 0.29) is 17.7 Å². The number of hydrogen-bond acceptors (Lipinski definition) is 4. The number of phenols is 1. The maximum atomic E-state index is 11.5. The fourth-order valence-corrected chi connectivity index (χ4v) is 3.09. The lowest BCUT2D eigenvalue weighted by Gasteiger charge is -2.20. The first-order chi connectivity index (χ1) is 11.1. The maximum Gasteiger partial charge on any atom is 0.219 e. The third kappa shape index (κ3) is 2.99. The molecule has 5 heteroatoms. The Labute approximate surface area is 134 Å². The van der Waals surface area contributed by atoms with Crippen molar-refractivity contribution in [2.24, 2.45) is 0 Å². The van der Waals surface area contributed by atoms with Gasteiger partial charge in [-0.05, 0) is 35.4 Å². The zero-order valence-electron chi connectivity index (χ0n) is 13.1. The molecule has 0 spiro atoms. The molecule has 0 aliphatic carbocycles. The highest BCUT2D eigenvalue weighted by atomic mass is 16.3. The first-order valence-electron chi connectivity index (χ1n) is 7.87. The van der Waals surface area contributed by atoms with Gasteiger partial charge in [-0.2, -0.15) is 0 Å². The lowest BCUT2D eigenvalue weighted by Crippen LogP contribution is -2.36. The average molecular weight is 312 g/mol. The van der Waals surface area contributed by atoms with E-state index in [2.05, 4.69) is 10.2 Å². The molecule has 1 fully saturated rings. The molecule has 1 atom stereocenters. The zero-order valence-corrected chi connectivity index (χ0v) is 13.1. The SMILES string of the molecule is CCC(=O)NC1CCN(c2ccc3c(C=O)c(O)ccc3c2)C1. The molecule has 1 unspecified atom stereocenters. The summed E-state index contributed by atoms with van der Waals surface area (Å²) in [4.78, 5) is 24.9. The van der Waals surface area contributed by atoms with E-state index in [4.69, 9.17) is 0 Å². The van der Waals surface area contributed by atoms with Gasteiger partial charge < -0.3 is 15.3 Å². The fourth-order valence-electron chi connectivity index (χ4n) is 3.09. The van der Waals surface area contributed by atoms with Crippen LogP contribution in [0, 0.1) is 0 Å². The standard InChI is InChI=1S/C18H20N2O3/c1-2-18(23)19-13-7-8-20(10-13)14-4-5-15-12(9-14)3-6-17(22)16(15)11-21/h3-6,9,11,13,22H,2,7-8,10H2,1H3,(H,19,23). The predicted molar refractivity (Wildman–Crippen MR) is 90.1 cm³/mol. The topological polar surface area (TPSA) is 69.6 Å². The Hall–Kier alpha value is -2.56. The molecule has 0 radical (unpaired) electrons. The van der Waals surface area contributed by atoms with Crippen LogP contribution >= 0.6 is 0 Å². The lowest BCUT2D eigenvalue weighted by atomic mass is 10.0. The van der Waals surface area contributed by atoms with E-state index < -0.39 is 0 Å². The van der Waals surface area contributed by atoms with Gasteiger partial charge in [0.2, 0.25) is 5.91 Å². The molecule has 1 heterocycles. The molecule has 0 bridgehead atoms. The van der Waals surface area contributed by atoms with Crippen LogP contribution < -0.4 is 10.2 Å². The molecular formula is C18H20N2O3.